The highest BCUT2D eigenvalue weighted by Crippen LogP contribution is 2.43. The molecule has 0 bridgehead atoms. The summed E-state index contributed by atoms with van der Waals surface area (Å²) in [6, 6.07) is 15.4. The van der Waals surface area contributed by atoms with Crippen molar-refractivity contribution in [2.45, 2.75) is 51.4 Å². The van der Waals surface area contributed by atoms with Gasteiger partial charge in [0.15, 0.2) is 0 Å². The number of piperidine rings is 1. The van der Waals surface area contributed by atoms with Crippen molar-refractivity contribution in [2.75, 3.05) is 19.6 Å². The van der Waals surface area contributed by atoms with Crippen molar-refractivity contribution < 1.29 is 0 Å². The van der Waals surface area contributed by atoms with Gasteiger partial charge in [0.2, 0.25) is 0 Å². The highest BCUT2D eigenvalue weighted by atomic mass is 35.5. The van der Waals surface area contributed by atoms with E-state index in [4.69, 9.17) is 11.6 Å². The van der Waals surface area contributed by atoms with Crippen molar-refractivity contribution in [3.05, 3.63) is 69.7 Å². The normalized spacial score (nSPS) is 19.9. The molecular weight excluding hydrogens is 362 g/mol. The molecule has 28 heavy (non-hydrogen) atoms. The van der Waals surface area contributed by atoms with Crippen LogP contribution in [0.1, 0.15) is 73.6 Å². The van der Waals surface area contributed by atoms with E-state index in [0.717, 1.165) is 5.02 Å². The van der Waals surface area contributed by atoms with Gasteiger partial charge in [0, 0.05) is 10.9 Å². The Morgan fingerprint density at radius 2 is 1.64 bits per heavy atom. The van der Waals surface area contributed by atoms with Gasteiger partial charge in [-0.05, 0) is 79.2 Å². The molecule has 1 aliphatic heterocycles. The van der Waals surface area contributed by atoms with Gasteiger partial charge in [0.25, 0.3) is 0 Å². The van der Waals surface area contributed by atoms with Crippen LogP contribution in [0.3, 0.4) is 0 Å². The van der Waals surface area contributed by atoms with E-state index in [9.17, 15) is 0 Å². The molecule has 1 saturated heterocycles. The molecule has 0 amide bonds. The number of unbranched alkanes of at least 4 members (excludes halogenated alkanes) is 3. The lowest BCUT2D eigenvalue weighted by Gasteiger charge is -2.37. The molecule has 1 fully saturated rings. The molecule has 1 atom stereocenters. The predicted molar refractivity (Wildman–Crippen MR) is 122 cm³/mol. The minimum atomic E-state index is 0.446. The largest absolute Gasteiger partial charge is 0.303 e. The average molecular weight is 394 g/mol. The van der Waals surface area contributed by atoms with Gasteiger partial charge >= 0.3 is 0 Å². The number of hydrogen-bond donors (Lipinski definition) is 0. The van der Waals surface area contributed by atoms with Gasteiger partial charge in [-0.3, -0.25) is 0 Å². The highest BCUT2D eigenvalue weighted by Gasteiger charge is 2.31. The lowest BCUT2D eigenvalue weighted by molar-refractivity contribution is 0.172. The Morgan fingerprint density at radius 3 is 2.43 bits per heavy atom. The van der Waals surface area contributed by atoms with Gasteiger partial charge in [0.05, 0.1) is 0 Å². The summed E-state index contributed by atoms with van der Waals surface area (Å²) in [6.07, 6.45) is 12.5. The molecule has 2 aromatic carbocycles. The fraction of sp³-hybridized carbons (Fsp3) is 0.462. The molecule has 148 valence electrons. The van der Waals surface area contributed by atoms with Crippen LogP contribution in [0.2, 0.25) is 5.02 Å². The second kappa shape index (κ2) is 9.29. The summed E-state index contributed by atoms with van der Waals surface area (Å²) in [5, 5.41) is 0.852. The Bertz CT molecular complexity index is 817. The van der Waals surface area contributed by atoms with Crippen LogP contribution in [0.25, 0.3) is 12.2 Å². The summed E-state index contributed by atoms with van der Waals surface area (Å²) < 4.78 is 0. The highest BCUT2D eigenvalue weighted by molar-refractivity contribution is 6.30. The summed E-state index contributed by atoms with van der Waals surface area (Å²) in [5.74, 6) is 1.13. The van der Waals surface area contributed by atoms with Crippen LogP contribution in [0, 0.1) is 5.92 Å². The number of rotatable bonds is 6. The van der Waals surface area contributed by atoms with Crippen LogP contribution in [0.15, 0.2) is 42.5 Å². The maximum absolute atomic E-state index is 6.43. The van der Waals surface area contributed by atoms with Gasteiger partial charge in [-0.15, -0.1) is 0 Å². The van der Waals surface area contributed by atoms with Gasteiger partial charge in [-0.2, -0.15) is 0 Å². The van der Waals surface area contributed by atoms with E-state index in [1.807, 2.05) is 6.07 Å². The van der Waals surface area contributed by atoms with Crippen LogP contribution >= 0.6 is 11.6 Å². The van der Waals surface area contributed by atoms with Gasteiger partial charge < -0.3 is 4.90 Å². The fourth-order valence-electron chi connectivity index (χ4n) is 5.04. The summed E-state index contributed by atoms with van der Waals surface area (Å²) in [5.41, 5.74) is 5.57. The summed E-state index contributed by atoms with van der Waals surface area (Å²) in [4.78, 5) is 2.69. The third kappa shape index (κ3) is 4.36. The number of nitrogens with zero attached hydrogens (tertiary/aromatic N) is 1. The first-order valence-corrected chi connectivity index (χ1v) is 11.4. The molecule has 2 heteroatoms. The van der Waals surface area contributed by atoms with Crippen molar-refractivity contribution >= 4 is 23.8 Å². The van der Waals surface area contributed by atoms with Gasteiger partial charge in [-0.25, -0.2) is 0 Å². The van der Waals surface area contributed by atoms with Crippen molar-refractivity contribution in [2.24, 2.45) is 5.92 Å². The van der Waals surface area contributed by atoms with Crippen LogP contribution in [-0.2, 0) is 0 Å². The van der Waals surface area contributed by atoms with E-state index < -0.39 is 0 Å². The van der Waals surface area contributed by atoms with E-state index in [0.29, 0.717) is 11.8 Å². The predicted octanol–water partition coefficient (Wildman–Crippen LogP) is 7.25. The van der Waals surface area contributed by atoms with Crippen LogP contribution in [-0.4, -0.2) is 24.5 Å². The monoisotopic (exact) mass is 393 g/mol. The molecule has 1 heterocycles. The van der Waals surface area contributed by atoms with Crippen molar-refractivity contribution in [3.8, 4) is 0 Å². The molecule has 0 aromatic heterocycles. The average Bonchev–Trinajstić information content (AvgIpc) is 2.88. The Kier molecular flexibility index (Phi) is 6.54. The van der Waals surface area contributed by atoms with Crippen molar-refractivity contribution in [1.82, 2.24) is 4.90 Å². The van der Waals surface area contributed by atoms with Crippen LogP contribution < -0.4 is 0 Å². The molecule has 1 unspecified atom stereocenters. The Hall–Kier alpha value is -1.57. The van der Waals surface area contributed by atoms with E-state index in [1.165, 1.54) is 80.4 Å². The molecule has 0 radical (unpaired) electrons. The van der Waals surface area contributed by atoms with E-state index in [2.05, 4.69) is 60.4 Å². The molecule has 1 nitrogen and oxygen atoms in total. The lowest BCUT2D eigenvalue weighted by Crippen LogP contribution is -2.36. The number of halogens is 1. The maximum Gasteiger partial charge on any atom is 0.0409 e. The number of hydrogen-bond acceptors (Lipinski definition) is 1. The maximum atomic E-state index is 6.43. The Labute approximate surface area is 175 Å². The quantitative estimate of drug-likeness (QED) is 0.467. The molecule has 2 aliphatic rings. The summed E-state index contributed by atoms with van der Waals surface area (Å²) in [7, 11) is 0. The lowest BCUT2D eigenvalue weighted by atomic mass is 9.74. The number of benzene rings is 2. The zero-order chi connectivity index (χ0) is 19.3. The minimum Gasteiger partial charge on any atom is -0.303 e. The van der Waals surface area contributed by atoms with E-state index in [1.54, 1.807) is 0 Å². The Morgan fingerprint density at radius 1 is 0.893 bits per heavy atom. The molecule has 0 N–H and O–H groups in total. The van der Waals surface area contributed by atoms with Crippen LogP contribution in [0.4, 0.5) is 0 Å². The fourth-order valence-corrected chi connectivity index (χ4v) is 5.22. The van der Waals surface area contributed by atoms with E-state index in [-0.39, 0.29) is 0 Å². The molecule has 2 aromatic rings. The number of fused-ring (bicyclic) bond motifs is 2. The zero-order valence-corrected chi connectivity index (χ0v) is 17.8. The second-order valence-electron chi connectivity index (χ2n) is 8.45. The zero-order valence-electron chi connectivity index (χ0n) is 17.0. The number of likely N-dealkylation sites (tertiary alicyclic amines) is 1. The SMILES string of the molecule is CCCCCCN1CCC(C2c3ccccc3C=Cc3ccc(Cl)cc32)CC1. The smallest absolute Gasteiger partial charge is 0.0409 e. The van der Waals surface area contributed by atoms with Crippen LogP contribution in [0.5, 0.6) is 0 Å². The third-order valence-corrected chi connectivity index (χ3v) is 6.82. The van der Waals surface area contributed by atoms with Gasteiger partial charge in [-0.1, -0.05) is 80.3 Å². The molecule has 0 spiro atoms. The molecule has 1 aliphatic carbocycles. The summed E-state index contributed by atoms with van der Waals surface area (Å²) >= 11 is 6.43. The summed E-state index contributed by atoms with van der Waals surface area (Å²) in [6.45, 7) is 6.03. The third-order valence-electron chi connectivity index (χ3n) is 6.59. The minimum absolute atomic E-state index is 0.446. The molecular formula is C26H32ClN. The standard InChI is InChI=1S/C26H32ClN/c1-2-3-4-7-16-28-17-14-22(15-18-28)26-24-9-6-5-8-20(24)10-11-21-12-13-23(27)19-25(21)26/h5-6,8-13,19,22,26H,2-4,7,14-18H2,1H3. The first kappa shape index (κ1) is 19.7. The second-order valence-corrected chi connectivity index (χ2v) is 8.89. The first-order chi connectivity index (χ1) is 13.8. The topological polar surface area (TPSA) is 3.24 Å². The first-order valence-electron chi connectivity index (χ1n) is 11.0. The van der Waals surface area contributed by atoms with Crippen molar-refractivity contribution in [1.29, 1.82) is 0 Å². The van der Waals surface area contributed by atoms with E-state index >= 15 is 0 Å². The van der Waals surface area contributed by atoms with Crippen molar-refractivity contribution in [3.63, 3.8) is 0 Å². The van der Waals surface area contributed by atoms with Gasteiger partial charge in [0.1, 0.15) is 0 Å². The Balaban J connectivity index is 1.54. The molecule has 4 rings (SSSR count). The molecule has 0 saturated carbocycles.